The van der Waals surface area contributed by atoms with Crippen LogP contribution in [0.4, 0.5) is 4.39 Å². The quantitative estimate of drug-likeness (QED) is 0.0290. The van der Waals surface area contributed by atoms with Crippen molar-refractivity contribution in [2.75, 3.05) is 0 Å². The van der Waals surface area contributed by atoms with Gasteiger partial charge in [0.05, 0.1) is 74.4 Å². The summed E-state index contributed by atoms with van der Waals surface area (Å²) in [5.74, 6) is -1.14. The minimum atomic E-state index is -0.528. The summed E-state index contributed by atoms with van der Waals surface area (Å²) >= 11 is 10.8. The average Bonchev–Trinajstić information content (AvgIpc) is 0.889. The first-order chi connectivity index (χ1) is 52.8. The molecule has 30 heteroatoms. The molecule has 11 aromatic rings. The van der Waals surface area contributed by atoms with E-state index in [1.54, 1.807) is 84.9 Å². The fourth-order valence-electron chi connectivity index (χ4n) is 7.44. The summed E-state index contributed by atoms with van der Waals surface area (Å²) in [7, 11) is 0. The zero-order valence-corrected chi connectivity index (χ0v) is 62.6. The Bertz CT molecular complexity index is 4440. The number of hydrogen-bond acceptors (Lipinski definition) is 26. The summed E-state index contributed by atoms with van der Waals surface area (Å²) < 4.78 is 14.0. The van der Waals surface area contributed by atoms with Crippen LogP contribution in [0.25, 0.3) is 0 Å². The molecule has 11 aromatic carbocycles. The van der Waals surface area contributed by atoms with Crippen molar-refractivity contribution in [1.29, 1.82) is 0 Å². The molecular formula is C81H70BrClFIO26. The van der Waals surface area contributed by atoms with Crippen LogP contribution < -0.4 is 0 Å². The van der Waals surface area contributed by atoms with Crippen LogP contribution in [0.15, 0.2) is 211 Å². The van der Waals surface area contributed by atoms with E-state index in [-0.39, 0.29) is 121 Å². The van der Waals surface area contributed by atoms with E-state index in [0.717, 1.165) is 43.4 Å². The molecule has 0 saturated carbocycles. The topological polar surface area (TPSA) is 491 Å². The predicted octanol–water partition coefficient (Wildman–Crippen LogP) is 14.4. The maximum Gasteiger partial charge on any atom is 0.153 e. The van der Waals surface area contributed by atoms with Crippen molar-refractivity contribution in [3.05, 3.63) is 309 Å². The third kappa shape index (κ3) is 36.6. The molecule has 0 bridgehead atoms. The molecule has 15 N–H and O–H groups in total. The van der Waals surface area contributed by atoms with E-state index >= 15 is 0 Å². The van der Waals surface area contributed by atoms with Crippen LogP contribution in [-0.4, -0.2) is 146 Å². The fraction of sp³-hybridized carbons (Fsp3) is 0.0494. The summed E-state index contributed by atoms with van der Waals surface area (Å²) in [6.45, 7) is 3.47. The van der Waals surface area contributed by atoms with Crippen LogP contribution >= 0.6 is 50.1 Å². The van der Waals surface area contributed by atoms with Gasteiger partial charge in [-0.2, -0.15) is 0 Å². The van der Waals surface area contributed by atoms with Gasteiger partial charge in [-0.1, -0.05) is 69.5 Å². The van der Waals surface area contributed by atoms with Gasteiger partial charge in [0, 0.05) is 19.1 Å². The van der Waals surface area contributed by atoms with E-state index in [1.165, 1.54) is 97.1 Å². The van der Waals surface area contributed by atoms with E-state index in [4.69, 9.17) is 88.2 Å². The molecule has 0 radical (unpaired) electrons. The predicted molar refractivity (Wildman–Crippen MR) is 418 cm³/mol. The van der Waals surface area contributed by atoms with Crippen LogP contribution in [0.5, 0.6) is 74.7 Å². The highest BCUT2D eigenvalue weighted by Crippen LogP contribution is 2.25. The number of carbonyl (C=O) groups is 11. The van der Waals surface area contributed by atoms with Gasteiger partial charge in [-0.15, -0.1) is 0 Å². The van der Waals surface area contributed by atoms with E-state index in [2.05, 4.69) is 38.5 Å². The molecule has 0 aromatic heterocycles. The molecule has 0 aliphatic carbocycles. The smallest absolute Gasteiger partial charge is 0.153 e. The number of benzene rings is 11. The summed E-state index contributed by atoms with van der Waals surface area (Å²) in [4.78, 5) is 112. The Morgan fingerprint density at radius 1 is 0.297 bits per heavy atom. The lowest BCUT2D eigenvalue weighted by Gasteiger charge is -1.98. The zero-order valence-electron chi connectivity index (χ0n) is 58.1. The Labute approximate surface area is 659 Å². The Morgan fingerprint density at radius 2 is 0.613 bits per heavy atom. The van der Waals surface area contributed by atoms with Crippen molar-refractivity contribution < 1.29 is 134 Å². The van der Waals surface area contributed by atoms with Crippen LogP contribution in [0, 0.1) is 23.2 Å². The normalized spacial score (nSPS) is 9.30. The van der Waals surface area contributed by atoms with Crippen LogP contribution in [-0.2, 0) is 13.2 Å². The van der Waals surface area contributed by atoms with Crippen molar-refractivity contribution in [3.8, 4) is 74.7 Å². The summed E-state index contributed by atoms with van der Waals surface area (Å²) in [5, 5.41) is 134. The molecule has 0 unspecified atom stereocenters. The summed E-state index contributed by atoms with van der Waals surface area (Å²) in [6, 6.07) is 49.7. The lowest BCUT2D eigenvalue weighted by atomic mass is 10.1. The van der Waals surface area contributed by atoms with Gasteiger partial charge in [0.25, 0.3) is 0 Å². The first kappa shape index (κ1) is 95.6. The monoisotopic (exact) mass is 1720 g/mol. The van der Waals surface area contributed by atoms with Crippen LogP contribution in [0.3, 0.4) is 0 Å². The molecule has 11 rings (SSSR count). The number of aromatic hydroxyl groups is 13. The minimum Gasteiger partial charge on any atom is -0.508 e. The first-order valence-electron chi connectivity index (χ1n) is 31.0. The number of aldehydes is 11. The molecule has 26 nitrogen and oxygen atoms in total. The summed E-state index contributed by atoms with van der Waals surface area (Å²) in [5.41, 5.74) is 5.69. The van der Waals surface area contributed by atoms with Crippen molar-refractivity contribution >= 4 is 119 Å². The molecule has 0 atom stereocenters. The molecule has 578 valence electrons. The van der Waals surface area contributed by atoms with E-state index in [1.807, 2.05) is 13.8 Å². The first-order valence-corrected chi connectivity index (χ1v) is 33.2. The molecule has 111 heavy (non-hydrogen) atoms. The molecule has 0 aliphatic heterocycles. The number of aryl methyl sites for hydroxylation is 2. The summed E-state index contributed by atoms with van der Waals surface area (Å²) in [6.07, 6.45) is 6.22. The van der Waals surface area contributed by atoms with Gasteiger partial charge in [-0.3, -0.25) is 52.7 Å². The van der Waals surface area contributed by atoms with E-state index in [9.17, 15) is 57.1 Å². The van der Waals surface area contributed by atoms with Gasteiger partial charge in [0.15, 0.2) is 69.1 Å². The van der Waals surface area contributed by atoms with Crippen molar-refractivity contribution in [1.82, 2.24) is 0 Å². The second-order valence-corrected chi connectivity index (χ2v) is 24.0. The number of phenols is 13. The maximum absolute atomic E-state index is 12.3. The maximum atomic E-state index is 12.3. The molecule has 0 amide bonds. The number of hydrogen-bond donors (Lipinski definition) is 15. The Kier molecular flexibility index (Phi) is 45.2. The third-order valence-corrected chi connectivity index (χ3v) is 14.6. The van der Waals surface area contributed by atoms with Gasteiger partial charge >= 0.3 is 0 Å². The molecule has 0 aliphatic rings. The van der Waals surface area contributed by atoms with Gasteiger partial charge in [0.2, 0.25) is 0 Å². The number of para-hydroxylation sites is 1. The Hall–Kier alpha value is -13.5. The largest absolute Gasteiger partial charge is 0.508 e. The molecule has 0 fully saturated rings. The standard InChI is InChI=1S/2C8H8O3.2C8H8O2.C7H5BrO2.C7H5ClO2.C7H5FO2.C7H5IO2.2C7H6O3.C7H6O2/c9-4-6-1-2-8(11)7(3-6)5-10;9-4-6-1-2-7(5-10)8(11)3-6;1-6-2-3-8(10)7(4-6)5-9;1-6-2-3-7(5-9)8(10)4-6;4*8-6-1-2-7(10)5(3-6)4-9;8-4-5-3-6(9)1-2-7(5)10;8-4-5-1-2-6(9)3-7(5)10;8-5-6-3-1-2-4-7(6)9/h2*1-3,5,9,11H,4H2;2*2-5,10H,1H3;4*1-4,10H;2*1-4,9-10H;1-5,9H. The highest BCUT2D eigenvalue weighted by molar-refractivity contribution is 14.1. The SMILES string of the molecule is Cc1ccc(C=O)c(O)c1.Cc1ccc(O)c(C=O)c1.O=Cc1cc(Br)ccc1O.O=Cc1cc(CO)ccc1O.O=Cc1cc(Cl)ccc1O.O=Cc1cc(F)ccc1O.O=Cc1cc(I)ccc1O.O=Cc1cc(O)ccc1O.O=Cc1ccc(CO)cc1O.O=Cc1ccc(O)cc1O.O=Cc1ccccc1O. The molecular weight excluding hydrogens is 1650 g/mol. The Balaban J connectivity index is 0.000000611. The van der Waals surface area contributed by atoms with Gasteiger partial charge in [-0.05, 0) is 217 Å². The number of rotatable bonds is 13. The van der Waals surface area contributed by atoms with Crippen LogP contribution in [0.1, 0.15) is 136 Å². The van der Waals surface area contributed by atoms with Crippen molar-refractivity contribution in [2.45, 2.75) is 27.1 Å². The zero-order chi connectivity index (χ0) is 83.7. The number of phenolic OH excluding ortho intramolecular Hbond substituents is 13. The van der Waals surface area contributed by atoms with Crippen LogP contribution in [0.2, 0.25) is 5.02 Å². The lowest BCUT2D eigenvalue weighted by Crippen LogP contribution is -1.86. The minimum absolute atomic E-state index is 0.0122. The highest BCUT2D eigenvalue weighted by Gasteiger charge is 2.06. The molecule has 0 saturated heterocycles. The number of aliphatic hydroxyl groups is 2. The Morgan fingerprint density at radius 3 is 1.04 bits per heavy atom. The van der Waals surface area contributed by atoms with Crippen molar-refractivity contribution in [3.63, 3.8) is 0 Å². The van der Waals surface area contributed by atoms with E-state index in [0.29, 0.717) is 113 Å². The lowest BCUT2D eigenvalue weighted by molar-refractivity contribution is 0.111. The molecule has 0 heterocycles. The number of aliphatic hydroxyl groups excluding tert-OH is 2. The fourth-order valence-corrected chi connectivity index (χ4v) is 8.51. The molecule has 0 spiro atoms. The second kappa shape index (κ2) is 52.5. The van der Waals surface area contributed by atoms with Gasteiger partial charge in [0.1, 0.15) is 80.6 Å². The van der Waals surface area contributed by atoms with E-state index < -0.39 is 5.82 Å². The van der Waals surface area contributed by atoms with Crippen molar-refractivity contribution in [2.24, 2.45) is 0 Å². The van der Waals surface area contributed by atoms with Gasteiger partial charge in [-0.25, -0.2) is 4.39 Å². The van der Waals surface area contributed by atoms with Gasteiger partial charge < -0.3 is 76.6 Å². The average molecular weight is 1720 g/mol. The second-order valence-electron chi connectivity index (χ2n) is 21.4. The number of halogens is 4. The highest BCUT2D eigenvalue weighted by atomic mass is 127. The third-order valence-electron chi connectivity index (χ3n) is 13.2. The number of carbonyl (C=O) groups excluding carboxylic acids is 11.